The molecule has 0 amide bonds. The van der Waals surface area contributed by atoms with E-state index in [1.165, 1.54) is 0 Å². The Kier molecular flexibility index (Phi) is 4.08. The number of aliphatic hydroxyl groups excluding tert-OH is 1. The van der Waals surface area contributed by atoms with Crippen molar-refractivity contribution < 1.29 is 9.84 Å². The molecule has 2 rings (SSSR count). The van der Waals surface area contributed by atoms with Crippen LogP contribution in [0.2, 0.25) is 5.02 Å². The quantitative estimate of drug-likeness (QED) is 0.934. The monoisotopic (exact) mass is 277 g/mol. The molecule has 0 saturated heterocycles. The molecule has 0 spiro atoms. The van der Waals surface area contributed by atoms with Gasteiger partial charge in [-0.3, -0.25) is 4.98 Å². The summed E-state index contributed by atoms with van der Waals surface area (Å²) in [5.74, 6) is 0.544. The van der Waals surface area contributed by atoms with Gasteiger partial charge in [0.1, 0.15) is 11.9 Å². The highest BCUT2D eigenvalue weighted by molar-refractivity contribution is 6.32. The van der Waals surface area contributed by atoms with Crippen LogP contribution < -0.4 is 4.74 Å². The minimum atomic E-state index is -0.785. The molecule has 1 heterocycles. The van der Waals surface area contributed by atoms with Crippen LogP contribution >= 0.6 is 11.6 Å². The van der Waals surface area contributed by atoms with E-state index in [1.54, 1.807) is 31.5 Å². The van der Waals surface area contributed by atoms with E-state index in [2.05, 4.69) is 4.98 Å². The second kappa shape index (κ2) is 5.59. The summed E-state index contributed by atoms with van der Waals surface area (Å²) in [5, 5.41) is 10.9. The Hall–Kier alpha value is -1.58. The number of methoxy groups -OCH3 is 1. The van der Waals surface area contributed by atoms with E-state index in [1.807, 2.05) is 19.9 Å². The lowest BCUT2D eigenvalue weighted by Gasteiger charge is -2.15. The summed E-state index contributed by atoms with van der Waals surface area (Å²) >= 11 is 5.98. The predicted molar refractivity (Wildman–Crippen MR) is 75.8 cm³/mol. The number of aryl methyl sites for hydroxylation is 2. The zero-order valence-electron chi connectivity index (χ0n) is 11.1. The van der Waals surface area contributed by atoms with Gasteiger partial charge in [0.15, 0.2) is 0 Å². The molecule has 0 bridgehead atoms. The van der Waals surface area contributed by atoms with Crippen molar-refractivity contribution >= 4 is 11.6 Å². The fourth-order valence-electron chi connectivity index (χ4n) is 2.02. The van der Waals surface area contributed by atoms with Crippen LogP contribution in [0.5, 0.6) is 5.75 Å². The van der Waals surface area contributed by atoms with Crippen LogP contribution in [0.15, 0.2) is 30.5 Å². The summed E-state index contributed by atoms with van der Waals surface area (Å²) in [5.41, 5.74) is 3.39. The van der Waals surface area contributed by atoms with Gasteiger partial charge in [-0.1, -0.05) is 23.7 Å². The molecule has 3 nitrogen and oxygen atoms in total. The highest BCUT2D eigenvalue weighted by Crippen LogP contribution is 2.30. The van der Waals surface area contributed by atoms with Crippen molar-refractivity contribution in [2.24, 2.45) is 0 Å². The lowest BCUT2D eigenvalue weighted by atomic mass is 10.0. The number of hydrogen-bond donors (Lipinski definition) is 1. The molecule has 0 saturated carbocycles. The Labute approximate surface area is 117 Å². The molecule has 0 aliphatic carbocycles. The number of benzene rings is 1. The summed E-state index contributed by atoms with van der Waals surface area (Å²) in [7, 11) is 1.55. The van der Waals surface area contributed by atoms with Crippen LogP contribution in [-0.4, -0.2) is 17.2 Å². The summed E-state index contributed by atoms with van der Waals surface area (Å²) in [6.07, 6.45) is 0.963. The number of aromatic nitrogens is 1. The number of aliphatic hydroxyl groups is 1. The molecule has 1 N–H and O–H groups in total. The smallest absolute Gasteiger partial charge is 0.137 e. The second-order valence-corrected chi connectivity index (χ2v) is 4.92. The summed E-state index contributed by atoms with van der Waals surface area (Å²) < 4.78 is 5.16. The van der Waals surface area contributed by atoms with Gasteiger partial charge in [0.05, 0.1) is 17.8 Å². The third-order valence-electron chi connectivity index (χ3n) is 3.01. The average molecular weight is 278 g/mol. The first-order chi connectivity index (χ1) is 9.02. The molecule has 0 aliphatic heterocycles. The number of pyridine rings is 1. The predicted octanol–water partition coefficient (Wildman–Crippen LogP) is 3.44. The molecule has 19 heavy (non-hydrogen) atoms. The molecular formula is C15H16ClNO2. The average Bonchev–Trinajstić information content (AvgIpc) is 2.38. The maximum atomic E-state index is 10.4. The highest BCUT2D eigenvalue weighted by Gasteiger charge is 2.16. The summed E-state index contributed by atoms with van der Waals surface area (Å²) in [6, 6.07) is 7.21. The van der Waals surface area contributed by atoms with Crippen LogP contribution in [-0.2, 0) is 0 Å². The van der Waals surface area contributed by atoms with Gasteiger partial charge in [0.25, 0.3) is 0 Å². The van der Waals surface area contributed by atoms with Crippen LogP contribution in [0.3, 0.4) is 0 Å². The molecule has 100 valence electrons. The molecule has 0 aliphatic rings. The van der Waals surface area contributed by atoms with Gasteiger partial charge in [0.2, 0.25) is 0 Å². The van der Waals surface area contributed by atoms with Crippen molar-refractivity contribution in [1.82, 2.24) is 4.98 Å². The molecule has 1 aromatic heterocycles. The molecule has 1 unspecified atom stereocenters. The van der Waals surface area contributed by atoms with Gasteiger partial charge in [0, 0.05) is 6.20 Å². The Morgan fingerprint density at radius 2 is 2.00 bits per heavy atom. The Morgan fingerprint density at radius 1 is 1.26 bits per heavy atom. The maximum Gasteiger partial charge on any atom is 0.137 e. The van der Waals surface area contributed by atoms with E-state index in [0.717, 1.165) is 11.1 Å². The first kappa shape index (κ1) is 13.8. The first-order valence-electron chi connectivity index (χ1n) is 5.97. The number of ether oxygens (including phenoxy) is 1. The summed E-state index contributed by atoms with van der Waals surface area (Å²) in [4.78, 5) is 4.31. The van der Waals surface area contributed by atoms with E-state index in [-0.39, 0.29) is 0 Å². The van der Waals surface area contributed by atoms with Crippen molar-refractivity contribution in [3.05, 3.63) is 57.9 Å². The fraction of sp³-hybridized carbons (Fsp3) is 0.267. The largest absolute Gasteiger partial charge is 0.495 e. The standard InChI is InChI=1S/C15H16ClNO2/c1-9-6-10(2)14(17-8-9)15(18)11-4-5-12(16)13(7-11)19-3/h4-8,15,18H,1-3H3. The summed E-state index contributed by atoms with van der Waals surface area (Å²) in [6.45, 7) is 3.91. The van der Waals surface area contributed by atoms with E-state index in [9.17, 15) is 5.11 Å². The second-order valence-electron chi connectivity index (χ2n) is 4.51. The molecule has 0 fully saturated rings. The highest BCUT2D eigenvalue weighted by atomic mass is 35.5. The zero-order chi connectivity index (χ0) is 14.0. The van der Waals surface area contributed by atoms with E-state index >= 15 is 0 Å². The van der Waals surface area contributed by atoms with Crippen LogP contribution in [0.25, 0.3) is 0 Å². The van der Waals surface area contributed by atoms with Crippen molar-refractivity contribution in [2.45, 2.75) is 20.0 Å². The van der Waals surface area contributed by atoms with Gasteiger partial charge in [-0.15, -0.1) is 0 Å². The molecule has 1 aromatic carbocycles. The van der Waals surface area contributed by atoms with Crippen molar-refractivity contribution in [2.75, 3.05) is 7.11 Å². The van der Waals surface area contributed by atoms with Gasteiger partial charge >= 0.3 is 0 Å². The lowest BCUT2D eigenvalue weighted by Crippen LogP contribution is -2.05. The Morgan fingerprint density at radius 3 is 2.63 bits per heavy atom. The van der Waals surface area contributed by atoms with E-state index < -0.39 is 6.10 Å². The topological polar surface area (TPSA) is 42.4 Å². The van der Waals surface area contributed by atoms with Crippen molar-refractivity contribution in [3.8, 4) is 5.75 Å². The van der Waals surface area contributed by atoms with Gasteiger partial charge in [-0.25, -0.2) is 0 Å². The third kappa shape index (κ3) is 2.88. The number of halogens is 1. The Balaban J connectivity index is 2.40. The van der Waals surface area contributed by atoms with Crippen LogP contribution in [0.4, 0.5) is 0 Å². The third-order valence-corrected chi connectivity index (χ3v) is 3.32. The number of hydrogen-bond acceptors (Lipinski definition) is 3. The van der Waals surface area contributed by atoms with Crippen LogP contribution in [0.1, 0.15) is 28.5 Å². The molecule has 0 radical (unpaired) electrons. The fourth-order valence-corrected chi connectivity index (χ4v) is 2.21. The molecular weight excluding hydrogens is 262 g/mol. The van der Waals surface area contributed by atoms with Gasteiger partial charge in [-0.2, -0.15) is 0 Å². The number of nitrogens with zero attached hydrogens (tertiary/aromatic N) is 1. The van der Waals surface area contributed by atoms with Gasteiger partial charge < -0.3 is 9.84 Å². The first-order valence-corrected chi connectivity index (χ1v) is 6.35. The number of rotatable bonds is 3. The normalized spacial score (nSPS) is 12.3. The molecule has 1 atom stereocenters. The van der Waals surface area contributed by atoms with Crippen molar-refractivity contribution in [1.29, 1.82) is 0 Å². The minimum Gasteiger partial charge on any atom is -0.495 e. The zero-order valence-corrected chi connectivity index (χ0v) is 11.9. The maximum absolute atomic E-state index is 10.4. The lowest BCUT2D eigenvalue weighted by molar-refractivity contribution is 0.214. The molecule has 2 aromatic rings. The van der Waals surface area contributed by atoms with Crippen molar-refractivity contribution in [3.63, 3.8) is 0 Å². The van der Waals surface area contributed by atoms with E-state index in [4.69, 9.17) is 16.3 Å². The van der Waals surface area contributed by atoms with Gasteiger partial charge in [-0.05, 0) is 42.7 Å². The van der Waals surface area contributed by atoms with Crippen LogP contribution in [0, 0.1) is 13.8 Å². The molecule has 4 heteroatoms. The van der Waals surface area contributed by atoms with E-state index in [0.29, 0.717) is 22.0 Å². The SMILES string of the molecule is COc1cc(C(O)c2ncc(C)cc2C)ccc1Cl. The minimum absolute atomic E-state index is 0.520. The Bertz CT molecular complexity index is 599.